The van der Waals surface area contributed by atoms with Crippen molar-refractivity contribution in [3.8, 4) is 0 Å². The molecule has 0 aromatic carbocycles. The lowest BCUT2D eigenvalue weighted by atomic mass is 10.3. The third kappa shape index (κ3) is 3.06. The van der Waals surface area contributed by atoms with Gasteiger partial charge in [0.15, 0.2) is 0 Å². The van der Waals surface area contributed by atoms with Gasteiger partial charge < -0.3 is 10.6 Å². The fourth-order valence-electron chi connectivity index (χ4n) is 0.505. The SMILES string of the molecule is CCNC(=O)[C@H](C)NC=O. The Morgan fingerprint density at radius 1 is 1.70 bits per heavy atom. The normalized spacial score (nSPS) is 11.8. The highest BCUT2D eigenvalue weighted by Gasteiger charge is 2.08. The van der Waals surface area contributed by atoms with Gasteiger partial charge in [0, 0.05) is 6.54 Å². The molecular weight excluding hydrogens is 132 g/mol. The number of carbonyl (C=O) groups is 2. The monoisotopic (exact) mass is 144 g/mol. The van der Waals surface area contributed by atoms with Crippen LogP contribution in [0.1, 0.15) is 13.8 Å². The summed E-state index contributed by atoms with van der Waals surface area (Å²) < 4.78 is 0. The Bertz CT molecular complexity index is 125. The maximum Gasteiger partial charge on any atom is 0.242 e. The highest BCUT2D eigenvalue weighted by molar-refractivity contribution is 5.82. The van der Waals surface area contributed by atoms with Crippen LogP contribution >= 0.6 is 0 Å². The van der Waals surface area contributed by atoms with E-state index < -0.39 is 6.04 Å². The first kappa shape index (κ1) is 8.94. The second-order valence-corrected chi connectivity index (χ2v) is 1.90. The average molecular weight is 144 g/mol. The molecule has 0 aromatic heterocycles. The molecule has 0 spiro atoms. The molecule has 0 aliphatic carbocycles. The third-order valence-corrected chi connectivity index (χ3v) is 1.06. The summed E-state index contributed by atoms with van der Waals surface area (Å²) >= 11 is 0. The molecule has 0 fully saturated rings. The van der Waals surface area contributed by atoms with Gasteiger partial charge in [-0.05, 0) is 13.8 Å². The molecule has 0 saturated heterocycles. The molecule has 10 heavy (non-hydrogen) atoms. The summed E-state index contributed by atoms with van der Waals surface area (Å²) in [6.07, 6.45) is 0.514. The van der Waals surface area contributed by atoms with Gasteiger partial charge in [-0.3, -0.25) is 9.59 Å². The van der Waals surface area contributed by atoms with Crippen molar-refractivity contribution in [2.75, 3.05) is 6.54 Å². The summed E-state index contributed by atoms with van der Waals surface area (Å²) in [6.45, 7) is 4.04. The van der Waals surface area contributed by atoms with E-state index in [1.165, 1.54) is 0 Å². The van der Waals surface area contributed by atoms with E-state index in [4.69, 9.17) is 0 Å². The van der Waals surface area contributed by atoms with Gasteiger partial charge in [0.1, 0.15) is 6.04 Å². The lowest BCUT2D eigenvalue weighted by molar-refractivity contribution is -0.124. The molecule has 0 unspecified atom stereocenters. The molecular formula is C6H12N2O2. The first-order valence-electron chi connectivity index (χ1n) is 3.19. The number of hydrogen-bond acceptors (Lipinski definition) is 2. The van der Waals surface area contributed by atoms with Gasteiger partial charge in [-0.25, -0.2) is 0 Å². The number of rotatable bonds is 4. The Hall–Kier alpha value is -1.06. The number of carbonyl (C=O) groups excluding carboxylic acids is 2. The number of likely N-dealkylation sites (N-methyl/N-ethyl adjacent to an activating group) is 1. The third-order valence-electron chi connectivity index (χ3n) is 1.06. The summed E-state index contributed by atoms with van der Waals surface area (Å²) in [5.74, 6) is -0.158. The predicted molar refractivity (Wildman–Crippen MR) is 37.3 cm³/mol. The van der Waals surface area contributed by atoms with E-state index in [0.717, 1.165) is 0 Å². The van der Waals surface area contributed by atoms with Crippen LogP contribution in [-0.4, -0.2) is 24.9 Å². The van der Waals surface area contributed by atoms with Crippen LogP contribution in [0.25, 0.3) is 0 Å². The van der Waals surface area contributed by atoms with E-state index >= 15 is 0 Å². The van der Waals surface area contributed by atoms with Crippen molar-refractivity contribution in [2.45, 2.75) is 19.9 Å². The zero-order chi connectivity index (χ0) is 7.98. The average Bonchev–Trinajstić information content (AvgIpc) is 1.89. The van der Waals surface area contributed by atoms with Crippen LogP contribution in [0.2, 0.25) is 0 Å². The van der Waals surface area contributed by atoms with Gasteiger partial charge in [-0.1, -0.05) is 0 Å². The Labute approximate surface area is 60.0 Å². The predicted octanol–water partition coefficient (Wildman–Crippen LogP) is -0.743. The minimum absolute atomic E-state index is 0.158. The molecule has 0 aromatic rings. The van der Waals surface area contributed by atoms with Crippen LogP contribution in [0.5, 0.6) is 0 Å². The van der Waals surface area contributed by atoms with Crippen molar-refractivity contribution < 1.29 is 9.59 Å². The van der Waals surface area contributed by atoms with Crippen LogP contribution in [0.4, 0.5) is 0 Å². The van der Waals surface area contributed by atoms with E-state index in [0.29, 0.717) is 13.0 Å². The van der Waals surface area contributed by atoms with E-state index in [2.05, 4.69) is 10.6 Å². The second kappa shape index (κ2) is 4.78. The van der Waals surface area contributed by atoms with E-state index in [-0.39, 0.29) is 5.91 Å². The summed E-state index contributed by atoms with van der Waals surface area (Å²) in [6, 6.07) is -0.433. The molecule has 58 valence electrons. The molecule has 0 saturated carbocycles. The van der Waals surface area contributed by atoms with Crippen LogP contribution < -0.4 is 10.6 Å². The largest absolute Gasteiger partial charge is 0.355 e. The highest BCUT2D eigenvalue weighted by Crippen LogP contribution is 1.77. The van der Waals surface area contributed by atoms with Gasteiger partial charge in [0.05, 0.1) is 0 Å². The zero-order valence-electron chi connectivity index (χ0n) is 6.18. The molecule has 4 heteroatoms. The lowest BCUT2D eigenvalue weighted by Gasteiger charge is -2.08. The Morgan fingerprint density at radius 2 is 2.30 bits per heavy atom. The van der Waals surface area contributed by atoms with E-state index in [1.54, 1.807) is 6.92 Å². The van der Waals surface area contributed by atoms with Gasteiger partial charge in [-0.2, -0.15) is 0 Å². The Balaban J connectivity index is 3.58. The Morgan fingerprint density at radius 3 is 2.70 bits per heavy atom. The van der Waals surface area contributed by atoms with Gasteiger partial charge in [-0.15, -0.1) is 0 Å². The van der Waals surface area contributed by atoms with Crippen molar-refractivity contribution in [3.05, 3.63) is 0 Å². The minimum atomic E-state index is -0.433. The molecule has 0 aliphatic rings. The minimum Gasteiger partial charge on any atom is -0.355 e. The smallest absolute Gasteiger partial charge is 0.242 e. The van der Waals surface area contributed by atoms with Crippen molar-refractivity contribution in [2.24, 2.45) is 0 Å². The first-order chi connectivity index (χ1) is 4.72. The molecule has 4 nitrogen and oxygen atoms in total. The highest BCUT2D eigenvalue weighted by atomic mass is 16.2. The molecule has 0 bridgehead atoms. The van der Waals surface area contributed by atoms with Gasteiger partial charge in [0.2, 0.25) is 12.3 Å². The quantitative estimate of drug-likeness (QED) is 0.510. The fraction of sp³-hybridized carbons (Fsp3) is 0.667. The van der Waals surface area contributed by atoms with Crippen molar-refractivity contribution >= 4 is 12.3 Å². The fourth-order valence-corrected chi connectivity index (χ4v) is 0.505. The maximum absolute atomic E-state index is 10.8. The molecule has 0 aliphatic heterocycles. The number of amides is 2. The summed E-state index contributed by atoms with van der Waals surface area (Å²) in [5, 5.41) is 4.91. The lowest BCUT2D eigenvalue weighted by Crippen LogP contribution is -2.41. The standard InChI is InChI=1S/C6H12N2O2/c1-3-7-6(10)5(2)8-4-9/h4-5H,3H2,1-2H3,(H,7,10)(H,8,9)/t5-/m0/s1. The van der Waals surface area contributed by atoms with Crippen LogP contribution in [0.3, 0.4) is 0 Å². The van der Waals surface area contributed by atoms with Crippen LogP contribution in [0, 0.1) is 0 Å². The van der Waals surface area contributed by atoms with Gasteiger partial charge in [0.25, 0.3) is 0 Å². The maximum atomic E-state index is 10.8. The van der Waals surface area contributed by atoms with Crippen molar-refractivity contribution in [1.82, 2.24) is 10.6 Å². The van der Waals surface area contributed by atoms with E-state index in [1.807, 2.05) is 6.92 Å². The molecule has 0 radical (unpaired) electrons. The zero-order valence-corrected chi connectivity index (χ0v) is 6.18. The van der Waals surface area contributed by atoms with Crippen LogP contribution in [0.15, 0.2) is 0 Å². The topological polar surface area (TPSA) is 58.2 Å². The van der Waals surface area contributed by atoms with Crippen LogP contribution in [-0.2, 0) is 9.59 Å². The first-order valence-corrected chi connectivity index (χ1v) is 3.19. The van der Waals surface area contributed by atoms with Crippen molar-refractivity contribution in [3.63, 3.8) is 0 Å². The Kier molecular flexibility index (Phi) is 4.28. The number of hydrogen-bond donors (Lipinski definition) is 2. The molecule has 0 heterocycles. The summed E-state index contributed by atoms with van der Waals surface area (Å²) in [4.78, 5) is 20.6. The summed E-state index contributed by atoms with van der Waals surface area (Å²) in [5.41, 5.74) is 0. The molecule has 0 rings (SSSR count). The summed E-state index contributed by atoms with van der Waals surface area (Å²) in [7, 11) is 0. The molecule has 2 N–H and O–H groups in total. The second-order valence-electron chi connectivity index (χ2n) is 1.90. The molecule has 1 atom stereocenters. The number of nitrogens with one attached hydrogen (secondary N) is 2. The van der Waals surface area contributed by atoms with E-state index in [9.17, 15) is 9.59 Å². The van der Waals surface area contributed by atoms with Gasteiger partial charge >= 0.3 is 0 Å². The van der Waals surface area contributed by atoms with Crippen molar-refractivity contribution in [1.29, 1.82) is 0 Å². The molecule has 2 amide bonds.